The molecule has 3 aromatic heterocycles. The fraction of sp³-hybridized carbons (Fsp3) is 0.400. The van der Waals surface area contributed by atoms with Gasteiger partial charge in [-0.25, -0.2) is 4.98 Å². The van der Waals surface area contributed by atoms with Gasteiger partial charge in [0.1, 0.15) is 5.82 Å². The molecule has 0 aliphatic rings. The first-order chi connectivity index (χ1) is 11.5. The highest BCUT2D eigenvalue weighted by Gasteiger charge is 2.17. The molecule has 0 aromatic carbocycles. The third kappa shape index (κ3) is 3.41. The molecule has 0 saturated carbocycles. The van der Waals surface area contributed by atoms with Gasteiger partial charge in [0.15, 0.2) is 11.0 Å². The van der Waals surface area contributed by atoms with Gasteiger partial charge in [0.2, 0.25) is 11.1 Å². The summed E-state index contributed by atoms with van der Waals surface area (Å²) in [6.45, 7) is 4.14. The number of hydrogen-bond donors (Lipinski definition) is 0. The zero-order chi connectivity index (χ0) is 17.3. The Hall–Kier alpha value is -2.00. The second-order valence-corrected chi connectivity index (χ2v) is 7.65. The summed E-state index contributed by atoms with van der Waals surface area (Å²) in [7, 11) is 5.80. The lowest BCUT2D eigenvalue weighted by molar-refractivity contribution is 0.712. The van der Waals surface area contributed by atoms with Crippen molar-refractivity contribution in [2.24, 2.45) is 7.05 Å². The Morgan fingerprint density at radius 3 is 2.58 bits per heavy atom. The maximum absolute atomic E-state index is 4.56. The molecule has 0 saturated heterocycles. The number of nitrogens with zero attached hydrogens (tertiary/aromatic N) is 7. The summed E-state index contributed by atoms with van der Waals surface area (Å²) >= 11 is 3.04. The predicted molar refractivity (Wildman–Crippen MR) is 96.7 cm³/mol. The Bertz CT molecular complexity index is 798. The van der Waals surface area contributed by atoms with E-state index >= 15 is 0 Å². The summed E-state index contributed by atoms with van der Waals surface area (Å²) in [6.07, 6.45) is 0. The van der Waals surface area contributed by atoms with Gasteiger partial charge < -0.3 is 9.47 Å². The molecule has 3 aromatic rings. The highest BCUT2D eigenvalue weighted by atomic mass is 32.2. The Kier molecular flexibility index (Phi) is 4.81. The largest absolute Gasteiger partial charge is 0.347 e. The van der Waals surface area contributed by atoms with E-state index < -0.39 is 0 Å². The summed E-state index contributed by atoms with van der Waals surface area (Å²) in [4.78, 5) is 16.5. The molecule has 0 bridgehead atoms. The van der Waals surface area contributed by atoms with Gasteiger partial charge in [0, 0.05) is 27.1 Å². The Morgan fingerprint density at radius 1 is 1.17 bits per heavy atom. The average Bonchev–Trinajstić information content (AvgIpc) is 3.18. The van der Waals surface area contributed by atoms with Crippen LogP contribution in [-0.4, -0.2) is 43.8 Å². The molecule has 0 amide bonds. The van der Waals surface area contributed by atoms with Crippen molar-refractivity contribution in [1.82, 2.24) is 29.7 Å². The molecular weight excluding hydrogens is 342 g/mol. The number of rotatable bonds is 5. The van der Waals surface area contributed by atoms with Crippen LogP contribution in [0, 0.1) is 0 Å². The van der Waals surface area contributed by atoms with Gasteiger partial charge in [-0.15, -0.1) is 21.5 Å². The summed E-state index contributed by atoms with van der Waals surface area (Å²) in [5.41, 5.74) is 0. The van der Waals surface area contributed by atoms with Crippen LogP contribution in [0.25, 0.3) is 10.7 Å². The number of aromatic nitrogens is 6. The van der Waals surface area contributed by atoms with Crippen molar-refractivity contribution in [1.29, 1.82) is 0 Å². The molecule has 0 unspecified atom stereocenters. The molecule has 126 valence electrons. The molecule has 0 spiro atoms. The van der Waals surface area contributed by atoms with E-state index in [4.69, 9.17) is 0 Å². The molecule has 0 fully saturated rings. The van der Waals surface area contributed by atoms with Crippen LogP contribution in [0.1, 0.15) is 25.6 Å². The van der Waals surface area contributed by atoms with Gasteiger partial charge in [-0.2, -0.15) is 9.97 Å². The molecule has 0 aliphatic carbocycles. The van der Waals surface area contributed by atoms with E-state index in [0.717, 1.165) is 21.7 Å². The maximum Gasteiger partial charge on any atom is 0.229 e. The van der Waals surface area contributed by atoms with Crippen LogP contribution in [0.2, 0.25) is 0 Å². The van der Waals surface area contributed by atoms with Gasteiger partial charge in [0.05, 0.1) is 4.88 Å². The van der Waals surface area contributed by atoms with Crippen LogP contribution < -0.4 is 4.90 Å². The van der Waals surface area contributed by atoms with Crippen molar-refractivity contribution < 1.29 is 0 Å². The van der Waals surface area contributed by atoms with Crippen molar-refractivity contribution in [2.45, 2.75) is 30.1 Å². The molecular formula is C15H19N7S2. The standard InChI is InChI=1S/C15H19N7S2/c1-9(2)11-16-13(21(3)4)18-14(17-11)24-15-20-19-12(22(15)5)10-7-6-8-23-10/h6-9H,1-5H3. The highest BCUT2D eigenvalue weighted by Crippen LogP contribution is 2.29. The molecule has 3 rings (SSSR count). The van der Waals surface area contributed by atoms with E-state index in [0.29, 0.717) is 11.1 Å². The first-order valence-electron chi connectivity index (χ1n) is 7.50. The fourth-order valence-corrected chi connectivity index (χ4v) is 3.45. The SMILES string of the molecule is CC(C)c1nc(Sc2nnc(-c3cccs3)n2C)nc(N(C)C)n1. The van der Waals surface area contributed by atoms with Gasteiger partial charge in [-0.3, -0.25) is 0 Å². The molecule has 3 heterocycles. The van der Waals surface area contributed by atoms with E-state index in [9.17, 15) is 0 Å². The summed E-state index contributed by atoms with van der Waals surface area (Å²) in [6, 6.07) is 4.04. The van der Waals surface area contributed by atoms with Crippen LogP contribution >= 0.6 is 23.1 Å². The van der Waals surface area contributed by atoms with Crippen molar-refractivity contribution in [3.63, 3.8) is 0 Å². The van der Waals surface area contributed by atoms with Crippen molar-refractivity contribution in [3.05, 3.63) is 23.3 Å². The van der Waals surface area contributed by atoms with Gasteiger partial charge >= 0.3 is 0 Å². The first-order valence-corrected chi connectivity index (χ1v) is 9.19. The van der Waals surface area contributed by atoms with Crippen LogP contribution in [-0.2, 0) is 7.05 Å². The molecule has 7 nitrogen and oxygen atoms in total. The molecule has 0 N–H and O–H groups in total. The first kappa shape index (κ1) is 16.8. The lowest BCUT2D eigenvalue weighted by atomic mass is 10.2. The fourth-order valence-electron chi connectivity index (χ4n) is 1.97. The third-order valence-electron chi connectivity index (χ3n) is 3.30. The second kappa shape index (κ2) is 6.86. The normalized spacial score (nSPS) is 11.2. The van der Waals surface area contributed by atoms with Gasteiger partial charge in [-0.05, 0) is 23.2 Å². The Balaban J connectivity index is 1.94. The second-order valence-electron chi connectivity index (χ2n) is 5.77. The highest BCUT2D eigenvalue weighted by molar-refractivity contribution is 7.99. The van der Waals surface area contributed by atoms with Crippen molar-refractivity contribution in [3.8, 4) is 10.7 Å². The maximum atomic E-state index is 4.56. The lowest BCUT2D eigenvalue weighted by Gasteiger charge is -2.13. The topological polar surface area (TPSA) is 72.6 Å². The monoisotopic (exact) mass is 361 g/mol. The van der Waals surface area contributed by atoms with Crippen LogP contribution in [0.15, 0.2) is 27.8 Å². The van der Waals surface area contributed by atoms with E-state index in [-0.39, 0.29) is 5.92 Å². The minimum absolute atomic E-state index is 0.229. The number of thiophene rings is 1. The summed E-state index contributed by atoms with van der Waals surface area (Å²) in [5.74, 6) is 2.50. The van der Waals surface area contributed by atoms with Crippen LogP contribution in [0.4, 0.5) is 5.95 Å². The third-order valence-corrected chi connectivity index (χ3v) is 5.06. The Morgan fingerprint density at radius 2 is 1.96 bits per heavy atom. The van der Waals surface area contributed by atoms with E-state index in [2.05, 4.69) is 39.0 Å². The Labute approximate surface area is 149 Å². The number of anilines is 1. The zero-order valence-corrected chi connectivity index (χ0v) is 15.9. The smallest absolute Gasteiger partial charge is 0.229 e. The molecule has 0 aliphatic heterocycles. The van der Waals surface area contributed by atoms with Crippen LogP contribution in [0.3, 0.4) is 0 Å². The molecule has 24 heavy (non-hydrogen) atoms. The summed E-state index contributed by atoms with van der Waals surface area (Å²) < 4.78 is 1.96. The van der Waals surface area contributed by atoms with E-state index in [1.165, 1.54) is 11.8 Å². The molecule has 9 heteroatoms. The summed E-state index contributed by atoms with van der Waals surface area (Å²) in [5, 5.41) is 12.0. The van der Waals surface area contributed by atoms with Gasteiger partial charge in [-0.1, -0.05) is 19.9 Å². The quantitative estimate of drug-likeness (QED) is 0.691. The van der Waals surface area contributed by atoms with Gasteiger partial charge in [0.25, 0.3) is 0 Å². The van der Waals surface area contributed by atoms with E-state index in [1.54, 1.807) is 11.3 Å². The number of hydrogen-bond acceptors (Lipinski definition) is 8. The average molecular weight is 362 g/mol. The van der Waals surface area contributed by atoms with Crippen molar-refractivity contribution in [2.75, 3.05) is 19.0 Å². The zero-order valence-electron chi connectivity index (χ0n) is 14.3. The minimum Gasteiger partial charge on any atom is -0.347 e. The van der Waals surface area contributed by atoms with Crippen molar-refractivity contribution >= 4 is 29.0 Å². The molecule has 0 atom stereocenters. The van der Waals surface area contributed by atoms with E-state index in [1.807, 2.05) is 48.1 Å². The predicted octanol–water partition coefficient (Wildman–Crippen LogP) is 3.07. The lowest BCUT2D eigenvalue weighted by Crippen LogP contribution is -2.15. The minimum atomic E-state index is 0.229. The van der Waals surface area contributed by atoms with Crippen LogP contribution in [0.5, 0.6) is 0 Å². The molecule has 0 radical (unpaired) electrons.